The van der Waals surface area contributed by atoms with Crippen molar-refractivity contribution in [3.63, 3.8) is 0 Å². The molecule has 0 aromatic carbocycles. The molecule has 0 saturated heterocycles. The van der Waals surface area contributed by atoms with Crippen LogP contribution in [0.3, 0.4) is 0 Å². The Labute approximate surface area is 125 Å². The van der Waals surface area contributed by atoms with Gasteiger partial charge in [0.05, 0.1) is 18.3 Å². The van der Waals surface area contributed by atoms with E-state index in [1.165, 1.54) is 12.8 Å². The summed E-state index contributed by atoms with van der Waals surface area (Å²) in [6.45, 7) is 15.6. The van der Waals surface area contributed by atoms with E-state index in [0.29, 0.717) is 6.61 Å². The second-order valence-electron chi connectivity index (χ2n) is 7.56. The molecular weight excluding hydrogens is 250 g/mol. The average Bonchev–Trinajstić information content (AvgIpc) is 2.37. The highest BCUT2D eigenvalue weighted by molar-refractivity contribution is 4.91. The number of nitrogens with one attached hydrogen (secondary N) is 1. The van der Waals surface area contributed by atoms with E-state index in [2.05, 4.69) is 39.9 Å². The van der Waals surface area contributed by atoms with E-state index in [-0.39, 0.29) is 17.2 Å². The van der Waals surface area contributed by atoms with E-state index in [9.17, 15) is 0 Å². The molecule has 0 aliphatic heterocycles. The fraction of sp³-hybridized carbons (Fsp3) is 1.00. The summed E-state index contributed by atoms with van der Waals surface area (Å²) in [6.07, 6.45) is 5.03. The van der Waals surface area contributed by atoms with Gasteiger partial charge in [0.2, 0.25) is 0 Å². The highest BCUT2D eigenvalue weighted by Crippen LogP contribution is 2.35. The lowest BCUT2D eigenvalue weighted by atomic mass is 9.79. The Morgan fingerprint density at radius 2 is 1.85 bits per heavy atom. The SMILES string of the molecule is CCOCC(C)OC1(CNC(C)(C)C)CCC(C)CC1. The molecular formula is C17H35NO2. The first-order valence-corrected chi connectivity index (χ1v) is 8.27. The zero-order chi connectivity index (χ0) is 15.2. The van der Waals surface area contributed by atoms with Gasteiger partial charge < -0.3 is 14.8 Å². The summed E-state index contributed by atoms with van der Waals surface area (Å²) in [7, 11) is 0. The quantitative estimate of drug-likeness (QED) is 0.772. The van der Waals surface area contributed by atoms with Crippen LogP contribution >= 0.6 is 0 Å². The second kappa shape index (κ2) is 7.77. The van der Waals surface area contributed by atoms with Gasteiger partial charge in [0.15, 0.2) is 0 Å². The summed E-state index contributed by atoms with van der Waals surface area (Å²) in [5.74, 6) is 0.837. The third-order valence-corrected chi connectivity index (χ3v) is 4.13. The van der Waals surface area contributed by atoms with Gasteiger partial charge in [-0.3, -0.25) is 0 Å². The maximum absolute atomic E-state index is 6.44. The fourth-order valence-corrected chi connectivity index (χ4v) is 2.80. The van der Waals surface area contributed by atoms with Crippen LogP contribution in [0.4, 0.5) is 0 Å². The molecule has 1 N–H and O–H groups in total. The monoisotopic (exact) mass is 285 g/mol. The zero-order valence-electron chi connectivity index (χ0n) is 14.4. The summed E-state index contributed by atoms with van der Waals surface area (Å²) in [5.41, 5.74) is 0.138. The van der Waals surface area contributed by atoms with E-state index in [1.54, 1.807) is 0 Å². The molecule has 1 atom stereocenters. The minimum atomic E-state index is -0.00366. The van der Waals surface area contributed by atoms with E-state index in [0.717, 1.165) is 31.9 Å². The summed E-state index contributed by atoms with van der Waals surface area (Å²) >= 11 is 0. The normalized spacial score (nSPS) is 29.4. The lowest BCUT2D eigenvalue weighted by molar-refractivity contribution is -0.131. The lowest BCUT2D eigenvalue weighted by Crippen LogP contribution is -2.52. The van der Waals surface area contributed by atoms with Crippen molar-refractivity contribution in [1.82, 2.24) is 5.32 Å². The molecule has 3 nitrogen and oxygen atoms in total. The molecule has 1 unspecified atom stereocenters. The molecule has 0 aromatic heterocycles. The Hall–Kier alpha value is -0.120. The molecule has 20 heavy (non-hydrogen) atoms. The standard InChI is InChI=1S/C17H35NO2/c1-7-19-12-15(3)20-17(13-18-16(4,5)6)10-8-14(2)9-11-17/h14-15,18H,7-13H2,1-6H3. The van der Waals surface area contributed by atoms with Crippen LogP contribution in [-0.2, 0) is 9.47 Å². The first kappa shape index (κ1) is 17.9. The number of hydrogen-bond acceptors (Lipinski definition) is 3. The third-order valence-electron chi connectivity index (χ3n) is 4.13. The van der Waals surface area contributed by atoms with Crippen molar-refractivity contribution < 1.29 is 9.47 Å². The van der Waals surface area contributed by atoms with Gasteiger partial charge in [0.25, 0.3) is 0 Å². The Morgan fingerprint density at radius 1 is 1.25 bits per heavy atom. The van der Waals surface area contributed by atoms with Crippen LogP contribution < -0.4 is 5.32 Å². The van der Waals surface area contributed by atoms with Crippen molar-refractivity contribution in [1.29, 1.82) is 0 Å². The molecule has 1 saturated carbocycles. The number of hydrogen-bond donors (Lipinski definition) is 1. The van der Waals surface area contributed by atoms with E-state index < -0.39 is 0 Å². The Balaban J connectivity index is 2.59. The van der Waals surface area contributed by atoms with Crippen molar-refractivity contribution in [3.05, 3.63) is 0 Å². The fourth-order valence-electron chi connectivity index (χ4n) is 2.80. The largest absolute Gasteiger partial charge is 0.379 e. The highest BCUT2D eigenvalue weighted by atomic mass is 16.5. The highest BCUT2D eigenvalue weighted by Gasteiger charge is 2.37. The summed E-state index contributed by atoms with van der Waals surface area (Å²) in [6, 6.07) is 0. The number of rotatable bonds is 7. The molecule has 1 aliphatic rings. The van der Waals surface area contributed by atoms with Crippen molar-refractivity contribution in [2.24, 2.45) is 5.92 Å². The molecule has 3 heteroatoms. The molecule has 0 radical (unpaired) electrons. The van der Waals surface area contributed by atoms with Gasteiger partial charge >= 0.3 is 0 Å². The van der Waals surface area contributed by atoms with Crippen LogP contribution in [0.25, 0.3) is 0 Å². The van der Waals surface area contributed by atoms with Gasteiger partial charge in [0, 0.05) is 18.7 Å². The zero-order valence-corrected chi connectivity index (χ0v) is 14.4. The smallest absolute Gasteiger partial charge is 0.0811 e. The van der Waals surface area contributed by atoms with Crippen LogP contribution in [0.2, 0.25) is 0 Å². The maximum atomic E-state index is 6.44. The van der Waals surface area contributed by atoms with Crippen LogP contribution in [0.5, 0.6) is 0 Å². The van der Waals surface area contributed by atoms with Crippen LogP contribution in [-0.4, -0.2) is 37.0 Å². The minimum absolute atomic E-state index is 0.00366. The summed E-state index contributed by atoms with van der Waals surface area (Å²) in [4.78, 5) is 0. The van der Waals surface area contributed by atoms with Gasteiger partial charge in [-0.05, 0) is 66.2 Å². The molecule has 0 spiro atoms. The van der Waals surface area contributed by atoms with E-state index in [4.69, 9.17) is 9.47 Å². The molecule has 1 rings (SSSR count). The second-order valence-corrected chi connectivity index (χ2v) is 7.56. The molecule has 1 fully saturated rings. The van der Waals surface area contributed by atoms with E-state index >= 15 is 0 Å². The van der Waals surface area contributed by atoms with Crippen molar-refractivity contribution >= 4 is 0 Å². The van der Waals surface area contributed by atoms with Gasteiger partial charge in [-0.1, -0.05) is 6.92 Å². The molecule has 120 valence electrons. The van der Waals surface area contributed by atoms with Gasteiger partial charge in [-0.25, -0.2) is 0 Å². The van der Waals surface area contributed by atoms with E-state index in [1.807, 2.05) is 6.92 Å². The van der Waals surface area contributed by atoms with Crippen molar-refractivity contribution in [2.45, 2.75) is 84.5 Å². The molecule has 0 heterocycles. The first-order valence-electron chi connectivity index (χ1n) is 8.27. The summed E-state index contributed by atoms with van der Waals surface area (Å²) in [5, 5.41) is 3.64. The third kappa shape index (κ3) is 6.55. The minimum Gasteiger partial charge on any atom is -0.379 e. The predicted molar refractivity (Wildman–Crippen MR) is 85.2 cm³/mol. The molecule has 0 aromatic rings. The van der Waals surface area contributed by atoms with Crippen LogP contribution in [0.15, 0.2) is 0 Å². The average molecular weight is 285 g/mol. The van der Waals surface area contributed by atoms with Crippen LogP contribution in [0, 0.1) is 5.92 Å². The molecule has 0 amide bonds. The van der Waals surface area contributed by atoms with Gasteiger partial charge in [0.1, 0.15) is 0 Å². The summed E-state index contributed by atoms with van der Waals surface area (Å²) < 4.78 is 11.9. The van der Waals surface area contributed by atoms with Crippen LogP contribution in [0.1, 0.15) is 67.2 Å². The maximum Gasteiger partial charge on any atom is 0.0811 e. The molecule has 1 aliphatic carbocycles. The Kier molecular flexibility index (Phi) is 6.96. The Bertz CT molecular complexity index is 265. The topological polar surface area (TPSA) is 30.5 Å². The lowest BCUT2D eigenvalue weighted by Gasteiger charge is -2.43. The first-order chi connectivity index (χ1) is 9.26. The molecule has 0 bridgehead atoms. The number of ether oxygens (including phenoxy) is 2. The van der Waals surface area contributed by atoms with Gasteiger partial charge in [-0.15, -0.1) is 0 Å². The van der Waals surface area contributed by atoms with Gasteiger partial charge in [-0.2, -0.15) is 0 Å². The van der Waals surface area contributed by atoms with Crippen molar-refractivity contribution in [3.8, 4) is 0 Å². The van der Waals surface area contributed by atoms with Crippen molar-refractivity contribution in [2.75, 3.05) is 19.8 Å². The Morgan fingerprint density at radius 3 is 2.35 bits per heavy atom. The predicted octanol–water partition coefficient (Wildman–Crippen LogP) is 3.77.